The van der Waals surface area contributed by atoms with Crippen LogP contribution in [-0.4, -0.2) is 16.8 Å². The Hall–Kier alpha value is -2.89. The minimum absolute atomic E-state index is 0.213. The maximum Gasteiger partial charge on any atom is 0.257 e. The van der Waals surface area contributed by atoms with Gasteiger partial charge in [0.25, 0.3) is 11.8 Å². The van der Waals surface area contributed by atoms with E-state index >= 15 is 0 Å². The van der Waals surface area contributed by atoms with Gasteiger partial charge in [-0.25, -0.2) is 0 Å². The van der Waals surface area contributed by atoms with Crippen LogP contribution in [0.25, 0.3) is 0 Å². The number of amides is 2. The lowest BCUT2D eigenvalue weighted by atomic mass is 10.1. The van der Waals surface area contributed by atoms with Crippen molar-refractivity contribution in [1.29, 1.82) is 0 Å². The molecule has 27 heavy (non-hydrogen) atoms. The maximum atomic E-state index is 12.4. The average Bonchev–Trinajstić information content (AvgIpc) is 2.69. The number of carbonyl (C=O) groups excluding carboxylic acids is 2. The van der Waals surface area contributed by atoms with E-state index in [1.54, 1.807) is 42.6 Å². The maximum absolute atomic E-state index is 12.4. The largest absolute Gasteiger partial charge is 0.348 e. The number of anilines is 1. The molecule has 3 aromatic rings. The first-order valence-corrected chi connectivity index (χ1v) is 8.83. The number of hydrogen-bond donors (Lipinski definition) is 2. The molecule has 0 saturated heterocycles. The standard InChI is InChI=1S/C20H15Cl2N3O2/c21-15-7-8-17(22)16(10-15)20(27)24-12-13-4-1-2-6-18(13)25-19(26)14-5-3-9-23-11-14/h1-11H,12H2,(H,24,27)(H,25,26). The normalized spacial score (nSPS) is 10.3. The van der Waals surface area contributed by atoms with Crippen molar-refractivity contribution in [2.45, 2.75) is 6.54 Å². The van der Waals surface area contributed by atoms with E-state index < -0.39 is 0 Å². The van der Waals surface area contributed by atoms with Crippen LogP contribution < -0.4 is 10.6 Å². The quantitative estimate of drug-likeness (QED) is 0.659. The second-order valence-electron chi connectivity index (χ2n) is 5.66. The first-order valence-electron chi connectivity index (χ1n) is 8.07. The number of nitrogens with one attached hydrogen (secondary N) is 2. The first-order chi connectivity index (χ1) is 13.0. The van der Waals surface area contributed by atoms with Gasteiger partial charge >= 0.3 is 0 Å². The summed E-state index contributed by atoms with van der Waals surface area (Å²) in [6.07, 6.45) is 3.09. The number of halogens is 2. The number of carbonyl (C=O) groups is 2. The Balaban J connectivity index is 1.72. The van der Waals surface area contributed by atoms with Crippen molar-refractivity contribution in [1.82, 2.24) is 10.3 Å². The van der Waals surface area contributed by atoms with Gasteiger partial charge in [0.2, 0.25) is 0 Å². The van der Waals surface area contributed by atoms with Crippen LogP contribution in [0.1, 0.15) is 26.3 Å². The molecule has 0 aliphatic rings. The van der Waals surface area contributed by atoms with Crippen LogP contribution in [0.15, 0.2) is 67.0 Å². The van der Waals surface area contributed by atoms with Crippen molar-refractivity contribution in [3.8, 4) is 0 Å². The van der Waals surface area contributed by atoms with E-state index in [2.05, 4.69) is 15.6 Å². The monoisotopic (exact) mass is 399 g/mol. The fraction of sp³-hybridized carbons (Fsp3) is 0.0500. The third-order valence-corrected chi connectivity index (χ3v) is 4.37. The van der Waals surface area contributed by atoms with Gasteiger partial charge in [-0.05, 0) is 42.0 Å². The highest BCUT2D eigenvalue weighted by molar-refractivity contribution is 6.35. The van der Waals surface area contributed by atoms with Gasteiger partial charge in [-0.15, -0.1) is 0 Å². The summed E-state index contributed by atoms with van der Waals surface area (Å²) in [6.45, 7) is 0.213. The predicted octanol–water partition coefficient (Wildman–Crippen LogP) is 4.57. The van der Waals surface area contributed by atoms with Gasteiger partial charge in [0, 0.05) is 29.6 Å². The lowest BCUT2D eigenvalue weighted by Crippen LogP contribution is -2.24. The van der Waals surface area contributed by atoms with Crippen molar-refractivity contribution in [3.63, 3.8) is 0 Å². The molecule has 0 spiro atoms. The molecule has 1 heterocycles. The molecule has 0 atom stereocenters. The van der Waals surface area contributed by atoms with E-state index in [-0.39, 0.29) is 18.4 Å². The van der Waals surface area contributed by atoms with Crippen molar-refractivity contribution in [2.75, 3.05) is 5.32 Å². The molecule has 0 fully saturated rings. The van der Waals surface area contributed by atoms with Crippen LogP contribution in [0.3, 0.4) is 0 Å². The molecule has 2 N–H and O–H groups in total. The van der Waals surface area contributed by atoms with Crippen LogP contribution in [-0.2, 0) is 6.54 Å². The topological polar surface area (TPSA) is 71.1 Å². The zero-order valence-electron chi connectivity index (χ0n) is 14.1. The predicted molar refractivity (Wildman–Crippen MR) is 106 cm³/mol. The molecule has 0 radical (unpaired) electrons. The number of rotatable bonds is 5. The van der Waals surface area contributed by atoms with E-state index in [9.17, 15) is 9.59 Å². The average molecular weight is 400 g/mol. The number of hydrogen-bond acceptors (Lipinski definition) is 3. The van der Waals surface area contributed by atoms with E-state index in [4.69, 9.17) is 23.2 Å². The second-order valence-corrected chi connectivity index (χ2v) is 6.50. The molecule has 1 aromatic heterocycles. The SMILES string of the molecule is O=C(Nc1ccccc1CNC(=O)c1cc(Cl)ccc1Cl)c1cccnc1. The van der Waals surface area contributed by atoms with Crippen molar-refractivity contribution in [2.24, 2.45) is 0 Å². The van der Waals surface area contributed by atoms with E-state index in [0.717, 1.165) is 5.56 Å². The lowest BCUT2D eigenvalue weighted by molar-refractivity contribution is 0.0950. The van der Waals surface area contributed by atoms with E-state index in [1.165, 1.54) is 12.3 Å². The molecule has 0 unspecified atom stereocenters. The van der Waals surface area contributed by atoms with Gasteiger partial charge < -0.3 is 10.6 Å². The Morgan fingerprint density at radius 2 is 1.78 bits per heavy atom. The number of pyridine rings is 1. The van der Waals surface area contributed by atoms with Crippen LogP contribution >= 0.6 is 23.2 Å². The van der Waals surface area contributed by atoms with Gasteiger partial charge in [0.15, 0.2) is 0 Å². The van der Waals surface area contributed by atoms with Crippen LogP contribution in [0.2, 0.25) is 10.0 Å². The molecule has 2 amide bonds. The highest BCUT2D eigenvalue weighted by atomic mass is 35.5. The Morgan fingerprint density at radius 1 is 0.963 bits per heavy atom. The number of nitrogens with zero attached hydrogens (tertiary/aromatic N) is 1. The van der Waals surface area contributed by atoms with Gasteiger partial charge in [-0.1, -0.05) is 41.4 Å². The Kier molecular flexibility index (Phi) is 6.06. The smallest absolute Gasteiger partial charge is 0.257 e. The van der Waals surface area contributed by atoms with Gasteiger partial charge in [0.05, 0.1) is 16.1 Å². The minimum atomic E-state index is -0.351. The Labute approximate surface area is 166 Å². The lowest BCUT2D eigenvalue weighted by Gasteiger charge is -2.12. The Morgan fingerprint density at radius 3 is 2.56 bits per heavy atom. The zero-order chi connectivity index (χ0) is 19.2. The molecule has 0 aliphatic carbocycles. The van der Waals surface area contributed by atoms with Crippen LogP contribution in [0, 0.1) is 0 Å². The fourth-order valence-electron chi connectivity index (χ4n) is 2.43. The molecule has 3 rings (SSSR count). The molecule has 136 valence electrons. The summed E-state index contributed by atoms with van der Waals surface area (Å²) >= 11 is 12.0. The molecule has 0 bridgehead atoms. The van der Waals surface area contributed by atoms with Crippen LogP contribution in [0.4, 0.5) is 5.69 Å². The van der Waals surface area contributed by atoms with Gasteiger partial charge in [0.1, 0.15) is 0 Å². The summed E-state index contributed by atoms with van der Waals surface area (Å²) in [5.41, 5.74) is 2.09. The Bertz CT molecular complexity index is 978. The zero-order valence-corrected chi connectivity index (χ0v) is 15.6. The van der Waals surface area contributed by atoms with Gasteiger partial charge in [-0.3, -0.25) is 14.6 Å². The number of aromatic nitrogens is 1. The summed E-state index contributed by atoms with van der Waals surface area (Å²) in [5, 5.41) is 6.36. The highest BCUT2D eigenvalue weighted by Gasteiger charge is 2.13. The van der Waals surface area contributed by atoms with E-state index in [1.807, 2.05) is 12.1 Å². The molecular formula is C20H15Cl2N3O2. The highest BCUT2D eigenvalue weighted by Crippen LogP contribution is 2.21. The minimum Gasteiger partial charge on any atom is -0.348 e. The molecule has 5 nitrogen and oxygen atoms in total. The molecule has 0 aliphatic heterocycles. The van der Waals surface area contributed by atoms with Crippen molar-refractivity contribution < 1.29 is 9.59 Å². The van der Waals surface area contributed by atoms with Crippen molar-refractivity contribution in [3.05, 3.63) is 93.7 Å². The molecule has 0 saturated carbocycles. The fourth-order valence-corrected chi connectivity index (χ4v) is 2.81. The van der Waals surface area contributed by atoms with Gasteiger partial charge in [-0.2, -0.15) is 0 Å². The summed E-state index contributed by atoms with van der Waals surface area (Å²) in [6, 6.07) is 15.3. The third-order valence-electron chi connectivity index (χ3n) is 3.80. The molecule has 7 heteroatoms. The second kappa shape index (κ2) is 8.66. The number of para-hydroxylation sites is 1. The van der Waals surface area contributed by atoms with Crippen LogP contribution in [0.5, 0.6) is 0 Å². The summed E-state index contributed by atoms with van der Waals surface area (Å²) in [7, 11) is 0. The summed E-state index contributed by atoms with van der Waals surface area (Å²) in [5.74, 6) is -0.629. The molecular weight excluding hydrogens is 385 g/mol. The molecule has 2 aromatic carbocycles. The summed E-state index contributed by atoms with van der Waals surface area (Å²) in [4.78, 5) is 28.7. The third kappa shape index (κ3) is 4.84. The number of benzene rings is 2. The van der Waals surface area contributed by atoms with E-state index in [0.29, 0.717) is 26.9 Å². The summed E-state index contributed by atoms with van der Waals surface area (Å²) < 4.78 is 0. The van der Waals surface area contributed by atoms with Crippen molar-refractivity contribution >= 4 is 40.7 Å². The first kappa shape index (κ1) is 18.9.